The second-order valence-corrected chi connectivity index (χ2v) is 4.59. The molecule has 1 heterocycles. The van der Waals surface area contributed by atoms with Gasteiger partial charge in [0.15, 0.2) is 0 Å². The van der Waals surface area contributed by atoms with Gasteiger partial charge in [0.2, 0.25) is 5.91 Å². The summed E-state index contributed by atoms with van der Waals surface area (Å²) in [6, 6.07) is 0. The highest BCUT2D eigenvalue weighted by atomic mass is 127. The van der Waals surface area contributed by atoms with Crippen LogP contribution in [0.5, 0.6) is 0 Å². The number of nitrogens with one attached hydrogen (secondary N) is 1. The molecule has 0 unspecified atom stereocenters. The molecular weight excluding hydrogens is 337 g/mol. The molecule has 1 N–H and O–H groups in total. The lowest BCUT2D eigenvalue weighted by molar-refractivity contribution is -0.141. The highest BCUT2D eigenvalue weighted by molar-refractivity contribution is 14.1. The lowest BCUT2D eigenvalue weighted by atomic mass is 10.4. The Morgan fingerprint density at radius 2 is 2.29 bits per heavy atom. The Morgan fingerprint density at radius 1 is 1.59 bits per heavy atom. The fourth-order valence-electron chi connectivity index (χ4n) is 1.16. The van der Waals surface area contributed by atoms with Gasteiger partial charge >= 0.3 is 5.97 Å². The van der Waals surface area contributed by atoms with Crippen molar-refractivity contribution in [2.24, 2.45) is 0 Å². The van der Waals surface area contributed by atoms with E-state index in [0.717, 1.165) is 9.26 Å². The summed E-state index contributed by atoms with van der Waals surface area (Å²) in [5.74, 6) is -0.651. The molecule has 1 aromatic heterocycles. The van der Waals surface area contributed by atoms with Crippen molar-refractivity contribution in [3.8, 4) is 0 Å². The van der Waals surface area contributed by atoms with Crippen LogP contribution in [0.3, 0.4) is 0 Å². The van der Waals surface area contributed by atoms with Crippen molar-refractivity contribution < 1.29 is 14.3 Å². The summed E-state index contributed by atoms with van der Waals surface area (Å²) in [5, 5.41) is 6.70. The van der Waals surface area contributed by atoms with Gasteiger partial charge in [-0.1, -0.05) is 0 Å². The summed E-state index contributed by atoms with van der Waals surface area (Å²) in [5.41, 5.74) is 0.945. The molecule has 0 aromatic carbocycles. The standard InChI is InChI=1S/C10H14IN3O3/c1-7-8(11)6-14(13-7)4-3-9(15)12-5-10(16)17-2/h6H,3-5H2,1-2H3,(H,12,15). The molecule has 0 radical (unpaired) electrons. The first-order chi connectivity index (χ1) is 8.02. The molecule has 0 aliphatic rings. The van der Waals surface area contributed by atoms with E-state index in [9.17, 15) is 9.59 Å². The summed E-state index contributed by atoms with van der Waals surface area (Å²) in [7, 11) is 1.28. The molecule has 0 saturated carbocycles. The molecule has 6 nitrogen and oxygen atoms in total. The Balaban J connectivity index is 2.31. The van der Waals surface area contributed by atoms with Crippen molar-refractivity contribution in [2.45, 2.75) is 19.9 Å². The number of esters is 1. The fraction of sp³-hybridized carbons (Fsp3) is 0.500. The number of amides is 1. The maximum absolute atomic E-state index is 11.4. The van der Waals surface area contributed by atoms with E-state index in [4.69, 9.17) is 0 Å². The number of ether oxygens (including phenoxy) is 1. The third-order valence-electron chi connectivity index (χ3n) is 2.11. The molecule has 7 heteroatoms. The summed E-state index contributed by atoms with van der Waals surface area (Å²) < 4.78 is 7.19. The van der Waals surface area contributed by atoms with Crippen molar-refractivity contribution in [3.63, 3.8) is 0 Å². The van der Waals surface area contributed by atoms with Crippen molar-refractivity contribution >= 4 is 34.5 Å². The van der Waals surface area contributed by atoms with Crippen LogP contribution >= 0.6 is 22.6 Å². The molecule has 1 rings (SSSR count). The van der Waals surface area contributed by atoms with Crippen LogP contribution in [0.4, 0.5) is 0 Å². The van der Waals surface area contributed by atoms with Crippen LogP contribution < -0.4 is 5.32 Å². The van der Waals surface area contributed by atoms with Gasteiger partial charge < -0.3 is 10.1 Å². The average Bonchev–Trinajstić information content (AvgIpc) is 2.63. The predicted molar refractivity (Wildman–Crippen MR) is 69.3 cm³/mol. The molecule has 0 bridgehead atoms. The van der Waals surface area contributed by atoms with Gasteiger partial charge in [0, 0.05) is 19.2 Å². The summed E-state index contributed by atoms with van der Waals surface area (Å²) >= 11 is 2.19. The molecule has 0 atom stereocenters. The van der Waals surface area contributed by atoms with Crippen LogP contribution in [-0.2, 0) is 20.9 Å². The molecule has 1 amide bonds. The largest absolute Gasteiger partial charge is 0.468 e. The molecule has 0 spiro atoms. The third kappa shape index (κ3) is 4.72. The van der Waals surface area contributed by atoms with E-state index in [2.05, 4.69) is 37.7 Å². The number of halogens is 1. The van der Waals surface area contributed by atoms with Crippen LogP contribution in [0, 0.1) is 10.5 Å². The van der Waals surface area contributed by atoms with E-state index in [1.165, 1.54) is 7.11 Å². The first kappa shape index (κ1) is 13.9. The quantitative estimate of drug-likeness (QED) is 0.619. The van der Waals surface area contributed by atoms with E-state index in [1.54, 1.807) is 4.68 Å². The maximum atomic E-state index is 11.4. The molecule has 0 aliphatic heterocycles. The lowest BCUT2D eigenvalue weighted by Crippen LogP contribution is -2.30. The van der Waals surface area contributed by atoms with Gasteiger partial charge in [0.05, 0.1) is 16.4 Å². The number of aryl methyl sites for hydroxylation is 2. The molecule has 0 aliphatic carbocycles. The molecule has 17 heavy (non-hydrogen) atoms. The lowest BCUT2D eigenvalue weighted by Gasteiger charge is -2.03. The number of hydrogen-bond donors (Lipinski definition) is 1. The Hall–Kier alpha value is -1.12. The van der Waals surface area contributed by atoms with Crippen molar-refractivity contribution in [1.29, 1.82) is 0 Å². The highest BCUT2D eigenvalue weighted by Gasteiger charge is 2.07. The minimum absolute atomic E-state index is 0.0923. The normalized spacial score (nSPS) is 10.1. The first-order valence-corrected chi connectivity index (χ1v) is 6.14. The van der Waals surface area contributed by atoms with E-state index in [-0.39, 0.29) is 18.9 Å². The van der Waals surface area contributed by atoms with E-state index in [0.29, 0.717) is 6.54 Å². The fourth-order valence-corrected chi connectivity index (χ4v) is 1.58. The molecular formula is C10H14IN3O3. The Bertz CT molecular complexity index is 397. The molecule has 94 valence electrons. The van der Waals surface area contributed by atoms with Gasteiger partial charge in [-0.25, -0.2) is 0 Å². The van der Waals surface area contributed by atoms with Crippen molar-refractivity contribution in [2.75, 3.05) is 13.7 Å². The van der Waals surface area contributed by atoms with Gasteiger partial charge in [0.1, 0.15) is 6.54 Å². The van der Waals surface area contributed by atoms with Gasteiger partial charge in [0.25, 0.3) is 0 Å². The topological polar surface area (TPSA) is 73.2 Å². The highest BCUT2D eigenvalue weighted by Crippen LogP contribution is 2.08. The number of aromatic nitrogens is 2. The Labute approximate surface area is 113 Å². The second kappa shape index (κ2) is 6.58. The van der Waals surface area contributed by atoms with Gasteiger partial charge in [-0.05, 0) is 29.5 Å². The first-order valence-electron chi connectivity index (χ1n) is 5.06. The van der Waals surface area contributed by atoms with Crippen molar-refractivity contribution in [3.05, 3.63) is 15.5 Å². The van der Waals surface area contributed by atoms with E-state index < -0.39 is 5.97 Å². The predicted octanol–water partition coefficient (Wildman–Crippen LogP) is 0.475. The number of carbonyl (C=O) groups is 2. The SMILES string of the molecule is COC(=O)CNC(=O)CCn1cc(I)c(C)n1. The summed E-state index contributed by atoms with van der Waals surface area (Å²) in [6.45, 7) is 2.32. The monoisotopic (exact) mass is 351 g/mol. The smallest absolute Gasteiger partial charge is 0.325 e. The average molecular weight is 351 g/mol. The molecule has 0 saturated heterocycles. The maximum Gasteiger partial charge on any atom is 0.325 e. The van der Waals surface area contributed by atoms with Crippen LogP contribution in [0.1, 0.15) is 12.1 Å². The van der Waals surface area contributed by atoms with Crippen LogP contribution in [0.2, 0.25) is 0 Å². The van der Waals surface area contributed by atoms with Crippen molar-refractivity contribution in [1.82, 2.24) is 15.1 Å². The van der Waals surface area contributed by atoms with E-state index in [1.807, 2.05) is 13.1 Å². The minimum Gasteiger partial charge on any atom is -0.468 e. The minimum atomic E-state index is -0.456. The van der Waals surface area contributed by atoms with Gasteiger partial charge in [-0.3, -0.25) is 14.3 Å². The number of nitrogens with zero attached hydrogens (tertiary/aromatic N) is 2. The molecule has 1 aromatic rings. The second-order valence-electron chi connectivity index (χ2n) is 3.43. The number of hydrogen-bond acceptors (Lipinski definition) is 4. The van der Waals surface area contributed by atoms with Crippen LogP contribution in [0.25, 0.3) is 0 Å². The third-order valence-corrected chi connectivity index (χ3v) is 3.17. The van der Waals surface area contributed by atoms with Gasteiger partial charge in [-0.2, -0.15) is 5.10 Å². The number of methoxy groups -OCH3 is 1. The zero-order valence-corrected chi connectivity index (χ0v) is 11.9. The Morgan fingerprint density at radius 3 is 2.82 bits per heavy atom. The van der Waals surface area contributed by atoms with E-state index >= 15 is 0 Å². The number of carbonyl (C=O) groups excluding carboxylic acids is 2. The zero-order valence-electron chi connectivity index (χ0n) is 9.70. The van der Waals surface area contributed by atoms with Crippen LogP contribution in [-0.4, -0.2) is 35.3 Å². The zero-order chi connectivity index (χ0) is 12.8. The molecule has 0 fully saturated rings. The van der Waals surface area contributed by atoms with Crippen LogP contribution in [0.15, 0.2) is 6.20 Å². The number of rotatable bonds is 5. The summed E-state index contributed by atoms with van der Waals surface area (Å²) in [4.78, 5) is 22.1. The Kier molecular flexibility index (Phi) is 5.39. The van der Waals surface area contributed by atoms with Gasteiger partial charge in [-0.15, -0.1) is 0 Å². The summed E-state index contributed by atoms with van der Waals surface area (Å²) in [6.07, 6.45) is 2.16.